The monoisotopic (exact) mass is 294 g/mol. The third-order valence-electron chi connectivity index (χ3n) is 3.53. The smallest absolute Gasteiger partial charge is 0.239 e. The van der Waals surface area contributed by atoms with Crippen molar-refractivity contribution in [1.29, 1.82) is 0 Å². The highest BCUT2D eigenvalue weighted by molar-refractivity contribution is 5.91. The first-order chi connectivity index (χ1) is 10.0. The minimum absolute atomic E-state index is 0.0399. The summed E-state index contributed by atoms with van der Waals surface area (Å²) in [5.41, 5.74) is 0. The summed E-state index contributed by atoms with van der Waals surface area (Å²) in [5.74, 6) is 1.68. The van der Waals surface area contributed by atoms with E-state index in [-0.39, 0.29) is 5.91 Å². The molecule has 1 saturated heterocycles. The highest BCUT2D eigenvalue weighted by Crippen LogP contribution is 2.10. The Hall–Kier alpha value is -1.40. The Bertz CT molecular complexity index is 452. The van der Waals surface area contributed by atoms with Crippen LogP contribution in [0, 0.1) is 12.8 Å². The molecule has 0 saturated carbocycles. The Balaban J connectivity index is 1.85. The van der Waals surface area contributed by atoms with E-state index in [1.807, 2.05) is 0 Å². The molecule has 1 aliphatic rings. The Morgan fingerprint density at radius 3 is 3.00 bits per heavy atom. The molecule has 1 aliphatic heterocycles. The van der Waals surface area contributed by atoms with Crippen LogP contribution >= 0.6 is 0 Å². The van der Waals surface area contributed by atoms with Crippen LogP contribution in [0.3, 0.4) is 0 Å². The third-order valence-corrected chi connectivity index (χ3v) is 3.53. The zero-order chi connectivity index (χ0) is 15.2. The Kier molecular flexibility index (Phi) is 5.76. The van der Waals surface area contributed by atoms with Gasteiger partial charge in [-0.3, -0.25) is 9.69 Å². The number of amides is 1. The number of nitrogens with one attached hydrogen (secondary N) is 2. The lowest BCUT2D eigenvalue weighted by atomic mass is 10.1. The van der Waals surface area contributed by atoms with Crippen molar-refractivity contribution < 1.29 is 9.32 Å². The summed E-state index contributed by atoms with van der Waals surface area (Å²) < 4.78 is 4.95. The normalized spacial score (nSPS) is 18.6. The molecule has 2 rings (SSSR count). The largest absolute Gasteiger partial charge is 0.360 e. The molecule has 1 unspecified atom stereocenters. The van der Waals surface area contributed by atoms with Gasteiger partial charge < -0.3 is 15.2 Å². The summed E-state index contributed by atoms with van der Waals surface area (Å²) in [4.78, 5) is 14.4. The number of anilines is 1. The molecule has 0 spiro atoms. The fraction of sp³-hybridized carbons (Fsp3) is 0.733. The fourth-order valence-corrected chi connectivity index (χ4v) is 2.76. The summed E-state index contributed by atoms with van der Waals surface area (Å²) in [5, 5.41) is 10.1. The third kappa shape index (κ3) is 5.47. The molecule has 118 valence electrons. The minimum atomic E-state index is -0.0399. The lowest BCUT2D eigenvalue weighted by Crippen LogP contribution is -2.43. The van der Waals surface area contributed by atoms with Gasteiger partial charge in [-0.2, -0.15) is 0 Å². The van der Waals surface area contributed by atoms with E-state index < -0.39 is 0 Å². The molecule has 1 aromatic heterocycles. The van der Waals surface area contributed by atoms with Gasteiger partial charge in [-0.15, -0.1) is 0 Å². The van der Waals surface area contributed by atoms with E-state index in [1.54, 1.807) is 13.0 Å². The number of carbonyl (C=O) groups is 1. The predicted molar refractivity (Wildman–Crippen MR) is 82.2 cm³/mol. The van der Waals surface area contributed by atoms with E-state index in [1.165, 1.54) is 12.8 Å². The van der Waals surface area contributed by atoms with Gasteiger partial charge in [0.1, 0.15) is 5.76 Å². The van der Waals surface area contributed by atoms with E-state index in [2.05, 4.69) is 34.5 Å². The lowest BCUT2D eigenvalue weighted by Gasteiger charge is -2.26. The van der Waals surface area contributed by atoms with Crippen LogP contribution in [0.25, 0.3) is 0 Å². The number of carbonyl (C=O) groups excluding carboxylic acids is 1. The molecule has 0 bridgehead atoms. The van der Waals surface area contributed by atoms with Gasteiger partial charge in [0.2, 0.25) is 5.91 Å². The van der Waals surface area contributed by atoms with E-state index in [4.69, 9.17) is 4.52 Å². The van der Waals surface area contributed by atoms with E-state index in [9.17, 15) is 4.79 Å². The summed E-state index contributed by atoms with van der Waals surface area (Å²) in [6.07, 6.45) is 2.42. The molecule has 1 atom stereocenters. The summed E-state index contributed by atoms with van der Waals surface area (Å²) in [6, 6.07) is 2.23. The van der Waals surface area contributed by atoms with Gasteiger partial charge >= 0.3 is 0 Å². The van der Waals surface area contributed by atoms with Crippen molar-refractivity contribution in [1.82, 2.24) is 15.4 Å². The van der Waals surface area contributed by atoms with Crippen LogP contribution in [0.5, 0.6) is 0 Å². The highest BCUT2D eigenvalue weighted by Gasteiger charge is 2.20. The van der Waals surface area contributed by atoms with Crippen LogP contribution in [-0.2, 0) is 4.79 Å². The van der Waals surface area contributed by atoms with Crippen molar-refractivity contribution in [3.63, 3.8) is 0 Å². The van der Waals surface area contributed by atoms with Crippen molar-refractivity contribution >= 4 is 11.7 Å². The first-order valence-electron chi connectivity index (χ1n) is 7.72. The fourth-order valence-electron chi connectivity index (χ4n) is 2.76. The Labute approximate surface area is 126 Å². The van der Waals surface area contributed by atoms with Crippen LogP contribution in [0.2, 0.25) is 0 Å². The van der Waals surface area contributed by atoms with Crippen molar-refractivity contribution in [2.45, 2.75) is 39.7 Å². The average molecular weight is 294 g/mol. The van der Waals surface area contributed by atoms with E-state index >= 15 is 0 Å². The molecule has 1 aromatic rings. The standard InChI is InChI=1S/C15H26N4O2/c1-11(2)8-19(9-13-5-4-6-16-13)10-15(20)17-14-7-12(3)21-18-14/h7,11,13,16H,4-6,8-10H2,1-3H3,(H,17,18,20). The Morgan fingerprint density at radius 1 is 1.62 bits per heavy atom. The van der Waals surface area contributed by atoms with Gasteiger partial charge in [0, 0.05) is 25.2 Å². The first kappa shape index (κ1) is 16.0. The van der Waals surface area contributed by atoms with Gasteiger partial charge in [-0.25, -0.2) is 0 Å². The highest BCUT2D eigenvalue weighted by atomic mass is 16.5. The molecule has 2 heterocycles. The van der Waals surface area contributed by atoms with Crippen molar-refractivity contribution in [3.05, 3.63) is 11.8 Å². The van der Waals surface area contributed by atoms with Gasteiger partial charge in [0.05, 0.1) is 6.54 Å². The maximum atomic E-state index is 12.1. The minimum Gasteiger partial charge on any atom is -0.360 e. The van der Waals surface area contributed by atoms with Crippen LogP contribution < -0.4 is 10.6 Å². The quantitative estimate of drug-likeness (QED) is 0.800. The maximum Gasteiger partial charge on any atom is 0.239 e. The molecule has 1 fully saturated rings. The zero-order valence-corrected chi connectivity index (χ0v) is 13.2. The molecule has 21 heavy (non-hydrogen) atoms. The number of hydrogen-bond donors (Lipinski definition) is 2. The van der Waals surface area contributed by atoms with Crippen molar-refractivity contribution in [2.24, 2.45) is 5.92 Å². The van der Waals surface area contributed by atoms with Gasteiger partial charge in [-0.1, -0.05) is 19.0 Å². The zero-order valence-electron chi connectivity index (χ0n) is 13.2. The maximum absolute atomic E-state index is 12.1. The summed E-state index contributed by atoms with van der Waals surface area (Å²) in [6.45, 7) is 9.47. The Morgan fingerprint density at radius 2 is 2.43 bits per heavy atom. The molecule has 6 heteroatoms. The number of rotatable bonds is 7. The summed E-state index contributed by atoms with van der Waals surface area (Å²) >= 11 is 0. The molecule has 2 N–H and O–H groups in total. The van der Waals surface area contributed by atoms with E-state index in [0.717, 1.165) is 19.6 Å². The van der Waals surface area contributed by atoms with Crippen LogP contribution in [-0.4, -0.2) is 48.2 Å². The molecule has 1 amide bonds. The molecule has 0 aromatic carbocycles. The number of aromatic nitrogens is 1. The van der Waals surface area contributed by atoms with Crippen molar-refractivity contribution in [2.75, 3.05) is 31.5 Å². The number of aryl methyl sites for hydroxylation is 1. The number of hydrogen-bond acceptors (Lipinski definition) is 5. The molecular weight excluding hydrogens is 268 g/mol. The molecule has 0 radical (unpaired) electrons. The summed E-state index contributed by atoms with van der Waals surface area (Å²) in [7, 11) is 0. The van der Waals surface area contributed by atoms with Gasteiger partial charge in [-0.05, 0) is 32.2 Å². The molecule has 6 nitrogen and oxygen atoms in total. The topological polar surface area (TPSA) is 70.4 Å². The van der Waals surface area contributed by atoms with Crippen LogP contribution in [0.1, 0.15) is 32.4 Å². The molecule has 0 aliphatic carbocycles. The van der Waals surface area contributed by atoms with Crippen molar-refractivity contribution in [3.8, 4) is 0 Å². The van der Waals surface area contributed by atoms with Crippen LogP contribution in [0.4, 0.5) is 5.82 Å². The number of nitrogens with zero attached hydrogens (tertiary/aromatic N) is 2. The van der Waals surface area contributed by atoms with Crippen LogP contribution in [0.15, 0.2) is 10.6 Å². The average Bonchev–Trinajstić information content (AvgIpc) is 3.00. The second-order valence-electron chi connectivity index (χ2n) is 6.25. The second kappa shape index (κ2) is 7.56. The first-order valence-corrected chi connectivity index (χ1v) is 7.72. The van der Waals surface area contributed by atoms with E-state index in [0.29, 0.717) is 30.1 Å². The lowest BCUT2D eigenvalue weighted by molar-refractivity contribution is -0.117. The predicted octanol–water partition coefficient (Wildman–Crippen LogP) is 1.63. The second-order valence-corrected chi connectivity index (χ2v) is 6.25. The van der Waals surface area contributed by atoms with Gasteiger partial charge in [0.25, 0.3) is 0 Å². The SMILES string of the molecule is Cc1cc(NC(=O)CN(CC(C)C)CC2CCCN2)no1. The van der Waals surface area contributed by atoms with Gasteiger partial charge in [0.15, 0.2) is 5.82 Å². The molecular formula is C15H26N4O2.